The number of hydrogen-bond donors (Lipinski definition) is 0. The summed E-state index contributed by atoms with van der Waals surface area (Å²) < 4.78 is 5.41. The highest BCUT2D eigenvalue weighted by Crippen LogP contribution is 2.06. The lowest BCUT2D eigenvalue weighted by Crippen LogP contribution is -2.03. The van der Waals surface area contributed by atoms with Crippen molar-refractivity contribution in [3.05, 3.63) is 0 Å². The van der Waals surface area contributed by atoms with Gasteiger partial charge in [0.25, 0.3) is 0 Å². The molecule has 0 aromatic carbocycles. The summed E-state index contributed by atoms with van der Waals surface area (Å²) in [6, 6.07) is 0. The van der Waals surface area contributed by atoms with Gasteiger partial charge in [0.05, 0.1) is 0 Å². The van der Waals surface area contributed by atoms with Crippen LogP contribution in [0.4, 0.5) is 0 Å². The number of unbranched alkanes of at least 4 members (excludes halogenated alkanes) is 1. The largest absolute Gasteiger partial charge is 0.381 e. The SMILES string of the molecule is CCCCOCCCC(=O)CCCSCC. The Morgan fingerprint density at radius 2 is 1.75 bits per heavy atom. The van der Waals surface area contributed by atoms with E-state index in [0.29, 0.717) is 12.2 Å². The molecule has 2 nitrogen and oxygen atoms in total. The van der Waals surface area contributed by atoms with Gasteiger partial charge >= 0.3 is 0 Å². The summed E-state index contributed by atoms with van der Waals surface area (Å²) in [5.41, 5.74) is 0. The topological polar surface area (TPSA) is 26.3 Å². The van der Waals surface area contributed by atoms with Gasteiger partial charge in [-0.3, -0.25) is 4.79 Å². The van der Waals surface area contributed by atoms with E-state index in [9.17, 15) is 4.79 Å². The van der Waals surface area contributed by atoms with Crippen molar-refractivity contribution in [2.75, 3.05) is 24.7 Å². The normalized spacial score (nSPS) is 10.6. The Morgan fingerprint density at radius 3 is 2.44 bits per heavy atom. The molecule has 0 rings (SSSR count). The Bertz CT molecular complexity index is 160. The van der Waals surface area contributed by atoms with Crippen LogP contribution in [0.5, 0.6) is 0 Å². The first-order chi connectivity index (χ1) is 7.81. The lowest BCUT2D eigenvalue weighted by molar-refractivity contribution is -0.119. The minimum atomic E-state index is 0.399. The summed E-state index contributed by atoms with van der Waals surface area (Å²) in [7, 11) is 0. The number of rotatable bonds is 12. The van der Waals surface area contributed by atoms with Crippen LogP contribution in [0.15, 0.2) is 0 Å². The molecule has 0 N–H and O–H groups in total. The van der Waals surface area contributed by atoms with E-state index in [4.69, 9.17) is 4.74 Å². The van der Waals surface area contributed by atoms with Crippen LogP contribution in [0.25, 0.3) is 0 Å². The van der Waals surface area contributed by atoms with E-state index >= 15 is 0 Å². The van der Waals surface area contributed by atoms with E-state index < -0.39 is 0 Å². The maximum absolute atomic E-state index is 11.4. The third kappa shape index (κ3) is 12.1. The van der Waals surface area contributed by atoms with E-state index in [1.807, 2.05) is 11.8 Å². The molecule has 0 radical (unpaired) electrons. The van der Waals surface area contributed by atoms with Gasteiger partial charge < -0.3 is 4.74 Å². The smallest absolute Gasteiger partial charge is 0.133 e. The molecule has 0 unspecified atom stereocenters. The summed E-state index contributed by atoms with van der Waals surface area (Å²) in [5, 5.41) is 0. The molecule has 0 aromatic heterocycles. The van der Waals surface area contributed by atoms with Crippen molar-refractivity contribution in [1.29, 1.82) is 0 Å². The third-order valence-corrected chi connectivity index (χ3v) is 3.32. The maximum Gasteiger partial charge on any atom is 0.133 e. The van der Waals surface area contributed by atoms with Crippen LogP contribution in [-0.2, 0) is 9.53 Å². The van der Waals surface area contributed by atoms with Crippen LogP contribution >= 0.6 is 11.8 Å². The predicted molar refractivity (Wildman–Crippen MR) is 72.2 cm³/mol. The second-order valence-electron chi connectivity index (χ2n) is 3.91. The number of thioether (sulfide) groups is 1. The molecule has 0 aliphatic carbocycles. The number of ether oxygens (including phenoxy) is 1. The first kappa shape index (κ1) is 16.0. The van der Waals surface area contributed by atoms with Crippen molar-refractivity contribution in [3.8, 4) is 0 Å². The van der Waals surface area contributed by atoms with Gasteiger partial charge in [-0.25, -0.2) is 0 Å². The van der Waals surface area contributed by atoms with E-state index in [1.54, 1.807) is 0 Å². The van der Waals surface area contributed by atoms with Crippen LogP contribution in [0.3, 0.4) is 0 Å². The molecular formula is C13H26O2S. The van der Waals surface area contributed by atoms with E-state index in [-0.39, 0.29) is 0 Å². The monoisotopic (exact) mass is 246 g/mol. The molecule has 0 fully saturated rings. The molecular weight excluding hydrogens is 220 g/mol. The summed E-state index contributed by atoms with van der Waals surface area (Å²) in [6.45, 7) is 5.90. The zero-order valence-electron chi connectivity index (χ0n) is 10.8. The second-order valence-corrected chi connectivity index (χ2v) is 5.30. The van der Waals surface area contributed by atoms with Crippen molar-refractivity contribution in [2.24, 2.45) is 0 Å². The third-order valence-electron chi connectivity index (χ3n) is 2.33. The van der Waals surface area contributed by atoms with E-state index in [2.05, 4.69) is 13.8 Å². The number of ketones is 1. The quantitative estimate of drug-likeness (QED) is 0.491. The van der Waals surface area contributed by atoms with E-state index in [0.717, 1.165) is 50.4 Å². The van der Waals surface area contributed by atoms with Crippen molar-refractivity contribution >= 4 is 17.5 Å². The van der Waals surface area contributed by atoms with Crippen LogP contribution in [0.2, 0.25) is 0 Å². The van der Waals surface area contributed by atoms with Crippen molar-refractivity contribution in [2.45, 2.75) is 52.4 Å². The molecule has 0 aliphatic rings. The molecule has 0 bridgehead atoms. The average Bonchev–Trinajstić information content (AvgIpc) is 2.29. The predicted octanol–water partition coefficient (Wildman–Crippen LogP) is 3.69. The molecule has 16 heavy (non-hydrogen) atoms. The molecule has 0 saturated carbocycles. The molecule has 0 aromatic rings. The van der Waals surface area contributed by atoms with Crippen LogP contribution in [0.1, 0.15) is 52.4 Å². The van der Waals surface area contributed by atoms with Crippen LogP contribution < -0.4 is 0 Å². The molecule has 96 valence electrons. The Balaban J connectivity index is 3.11. The number of Topliss-reactive ketones (excluding diaryl/α,β-unsaturated/α-hetero) is 1. The van der Waals surface area contributed by atoms with Gasteiger partial charge in [-0.05, 0) is 30.8 Å². The first-order valence-corrected chi connectivity index (χ1v) is 7.63. The van der Waals surface area contributed by atoms with Gasteiger partial charge in [-0.15, -0.1) is 0 Å². The Kier molecular flexibility index (Phi) is 13.0. The van der Waals surface area contributed by atoms with Crippen molar-refractivity contribution < 1.29 is 9.53 Å². The Morgan fingerprint density at radius 1 is 1.06 bits per heavy atom. The lowest BCUT2D eigenvalue weighted by Gasteiger charge is -2.03. The van der Waals surface area contributed by atoms with Crippen molar-refractivity contribution in [3.63, 3.8) is 0 Å². The zero-order chi connectivity index (χ0) is 12.1. The molecule has 0 spiro atoms. The Hall–Kier alpha value is -0.0200. The van der Waals surface area contributed by atoms with Gasteiger partial charge in [-0.2, -0.15) is 11.8 Å². The van der Waals surface area contributed by atoms with E-state index in [1.165, 1.54) is 6.42 Å². The van der Waals surface area contributed by atoms with Gasteiger partial charge in [0.2, 0.25) is 0 Å². The molecule has 3 heteroatoms. The molecule has 0 atom stereocenters. The fraction of sp³-hybridized carbons (Fsp3) is 0.923. The summed E-state index contributed by atoms with van der Waals surface area (Å²) in [6.07, 6.45) is 5.68. The summed E-state index contributed by atoms with van der Waals surface area (Å²) in [5.74, 6) is 2.67. The number of carbonyl (C=O) groups excluding carboxylic acids is 1. The van der Waals surface area contributed by atoms with Gasteiger partial charge in [0, 0.05) is 26.1 Å². The molecule has 0 saturated heterocycles. The Labute approximate surface area is 105 Å². The number of carbonyl (C=O) groups is 1. The molecule has 0 heterocycles. The summed E-state index contributed by atoms with van der Waals surface area (Å²) in [4.78, 5) is 11.4. The highest BCUT2D eigenvalue weighted by molar-refractivity contribution is 7.99. The van der Waals surface area contributed by atoms with Crippen LogP contribution in [-0.4, -0.2) is 30.5 Å². The fourth-order valence-corrected chi connectivity index (χ4v) is 2.00. The summed E-state index contributed by atoms with van der Waals surface area (Å²) >= 11 is 1.91. The second kappa shape index (κ2) is 13.0. The van der Waals surface area contributed by atoms with Crippen molar-refractivity contribution in [1.82, 2.24) is 0 Å². The minimum Gasteiger partial charge on any atom is -0.381 e. The zero-order valence-corrected chi connectivity index (χ0v) is 11.6. The van der Waals surface area contributed by atoms with Gasteiger partial charge in [0.15, 0.2) is 0 Å². The fourth-order valence-electron chi connectivity index (χ4n) is 1.36. The lowest BCUT2D eigenvalue weighted by atomic mass is 10.1. The molecule has 0 amide bonds. The van der Waals surface area contributed by atoms with Gasteiger partial charge in [-0.1, -0.05) is 20.3 Å². The maximum atomic E-state index is 11.4. The van der Waals surface area contributed by atoms with Gasteiger partial charge in [0.1, 0.15) is 5.78 Å². The van der Waals surface area contributed by atoms with Crippen LogP contribution in [0, 0.1) is 0 Å². The number of hydrogen-bond acceptors (Lipinski definition) is 3. The highest BCUT2D eigenvalue weighted by Gasteiger charge is 2.01. The molecule has 0 aliphatic heterocycles. The highest BCUT2D eigenvalue weighted by atomic mass is 32.2. The minimum absolute atomic E-state index is 0.399. The first-order valence-electron chi connectivity index (χ1n) is 6.48. The standard InChI is InChI=1S/C13H26O2S/c1-3-5-10-15-11-6-8-13(14)9-7-12-16-4-2/h3-12H2,1-2H3. The average molecular weight is 246 g/mol.